The third-order valence-electron chi connectivity index (χ3n) is 5.35. The number of amides is 2. The first kappa shape index (κ1) is 24.7. The van der Waals surface area contributed by atoms with E-state index >= 15 is 0 Å². The fourth-order valence-corrected chi connectivity index (χ4v) is 3.73. The molecule has 1 aliphatic rings. The van der Waals surface area contributed by atoms with E-state index in [-0.39, 0.29) is 24.7 Å². The summed E-state index contributed by atoms with van der Waals surface area (Å²) in [5, 5.41) is 3.47. The molecule has 178 valence electrons. The molecule has 3 N–H and O–H groups in total. The van der Waals surface area contributed by atoms with E-state index in [4.69, 9.17) is 17.3 Å². The summed E-state index contributed by atoms with van der Waals surface area (Å²) in [6.07, 6.45) is -4.78. The zero-order valence-corrected chi connectivity index (χ0v) is 19.0. The highest BCUT2D eigenvalue weighted by molar-refractivity contribution is 6.31. The lowest BCUT2D eigenvalue weighted by atomic mass is 10.0. The molecule has 0 aliphatic carbocycles. The van der Waals surface area contributed by atoms with E-state index in [2.05, 4.69) is 10.1 Å². The number of carbonyl (C=O) groups is 2. The maximum Gasteiger partial charge on any atom is 0.573 e. The molecule has 11 heteroatoms. The number of hydrogen-bond donors (Lipinski definition) is 2. The SMILES string of the molecule is CN1C(=O)[C@H](NC(C)(C)C(N)=O)CN(Cc2ccc(OC(F)(F)F)cc2)c2ccc(Cl)cc21. The Balaban J connectivity index is 1.94. The van der Waals surface area contributed by atoms with E-state index in [1.54, 1.807) is 39.1 Å². The molecule has 0 spiro atoms. The Morgan fingerprint density at radius 3 is 2.39 bits per heavy atom. The fraction of sp³-hybridized carbons (Fsp3) is 0.364. The van der Waals surface area contributed by atoms with E-state index in [0.29, 0.717) is 22.0 Å². The number of nitrogens with two attached hydrogens (primary N) is 1. The minimum atomic E-state index is -4.78. The summed E-state index contributed by atoms with van der Waals surface area (Å²) in [6, 6.07) is 9.81. The Labute approximate surface area is 194 Å². The molecule has 0 saturated heterocycles. The van der Waals surface area contributed by atoms with Crippen LogP contribution in [0.2, 0.25) is 5.02 Å². The second-order valence-corrected chi connectivity index (χ2v) is 8.73. The number of rotatable bonds is 6. The van der Waals surface area contributed by atoms with E-state index in [1.165, 1.54) is 29.2 Å². The predicted octanol–water partition coefficient (Wildman–Crippen LogP) is 3.44. The summed E-state index contributed by atoms with van der Waals surface area (Å²) < 4.78 is 41.3. The van der Waals surface area contributed by atoms with Crippen LogP contribution in [-0.4, -0.2) is 43.3 Å². The molecule has 33 heavy (non-hydrogen) atoms. The smallest absolute Gasteiger partial charge is 0.406 e. The number of ether oxygens (including phenoxy) is 1. The van der Waals surface area contributed by atoms with Gasteiger partial charge in [0, 0.05) is 25.2 Å². The van der Waals surface area contributed by atoms with Crippen molar-refractivity contribution in [3.63, 3.8) is 0 Å². The second kappa shape index (κ2) is 9.11. The largest absolute Gasteiger partial charge is 0.573 e. The van der Waals surface area contributed by atoms with Gasteiger partial charge in [0.25, 0.3) is 0 Å². The molecule has 0 fully saturated rings. The van der Waals surface area contributed by atoms with E-state index < -0.39 is 23.9 Å². The molecule has 2 aromatic carbocycles. The average Bonchev–Trinajstić information content (AvgIpc) is 2.79. The summed E-state index contributed by atoms with van der Waals surface area (Å²) in [4.78, 5) is 28.4. The highest BCUT2D eigenvalue weighted by Crippen LogP contribution is 2.36. The van der Waals surface area contributed by atoms with Crippen LogP contribution in [0, 0.1) is 0 Å². The number of primary amides is 1. The first-order chi connectivity index (χ1) is 15.3. The predicted molar refractivity (Wildman–Crippen MR) is 119 cm³/mol. The van der Waals surface area contributed by atoms with Gasteiger partial charge in [-0.15, -0.1) is 13.2 Å². The van der Waals surface area contributed by atoms with Crippen molar-refractivity contribution < 1.29 is 27.5 Å². The van der Waals surface area contributed by atoms with Gasteiger partial charge in [-0.2, -0.15) is 0 Å². The van der Waals surface area contributed by atoms with Crippen molar-refractivity contribution in [2.24, 2.45) is 5.73 Å². The van der Waals surface area contributed by atoms with Gasteiger partial charge >= 0.3 is 6.36 Å². The van der Waals surface area contributed by atoms with Gasteiger partial charge in [-0.25, -0.2) is 0 Å². The molecule has 0 aromatic heterocycles. The Hall–Kier alpha value is -2.98. The first-order valence-electron chi connectivity index (χ1n) is 10.0. The molecule has 3 rings (SSSR count). The van der Waals surface area contributed by atoms with Crippen LogP contribution < -0.4 is 25.6 Å². The van der Waals surface area contributed by atoms with Crippen molar-refractivity contribution in [3.8, 4) is 5.75 Å². The summed E-state index contributed by atoms with van der Waals surface area (Å²) in [6.45, 7) is 3.62. The summed E-state index contributed by atoms with van der Waals surface area (Å²) in [5.74, 6) is -1.23. The number of fused-ring (bicyclic) bond motifs is 1. The lowest BCUT2D eigenvalue weighted by Crippen LogP contribution is -2.60. The van der Waals surface area contributed by atoms with Crippen LogP contribution in [-0.2, 0) is 16.1 Å². The van der Waals surface area contributed by atoms with Gasteiger partial charge in [0.2, 0.25) is 11.8 Å². The van der Waals surface area contributed by atoms with Gasteiger partial charge in [-0.05, 0) is 49.7 Å². The normalized spacial score (nSPS) is 16.9. The van der Waals surface area contributed by atoms with Crippen LogP contribution in [0.5, 0.6) is 5.75 Å². The van der Waals surface area contributed by atoms with Crippen molar-refractivity contribution in [3.05, 3.63) is 53.1 Å². The first-order valence-corrected chi connectivity index (χ1v) is 10.4. The number of halogens is 4. The lowest BCUT2D eigenvalue weighted by Gasteiger charge is -2.31. The monoisotopic (exact) mass is 484 g/mol. The van der Waals surface area contributed by atoms with Gasteiger partial charge in [0.1, 0.15) is 11.8 Å². The van der Waals surface area contributed by atoms with Crippen LogP contribution in [0.15, 0.2) is 42.5 Å². The molecule has 1 atom stereocenters. The number of nitrogens with one attached hydrogen (secondary N) is 1. The van der Waals surface area contributed by atoms with Crippen molar-refractivity contribution in [1.29, 1.82) is 0 Å². The second-order valence-electron chi connectivity index (χ2n) is 8.29. The molecule has 0 radical (unpaired) electrons. The van der Waals surface area contributed by atoms with Gasteiger partial charge in [0.05, 0.1) is 16.9 Å². The lowest BCUT2D eigenvalue weighted by molar-refractivity contribution is -0.274. The zero-order chi connectivity index (χ0) is 24.6. The number of likely N-dealkylation sites (N-methyl/N-ethyl adjacent to an activating group) is 1. The van der Waals surface area contributed by atoms with E-state index in [1.807, 2.05) is 4.90 Å². The number of carbonyl (C=O) groups excluding carboxylic acids is 2. The summed E-state index contributed by atoms with van der Waals surface area (Å²) in [5.41, 5.74) is 6.27. The Bertz CT molecular complexity index is 1040. The number of benzene rings is 2. The molecular formula is C22H24ClF3N4O3. The topological polar surface area (TPSA) is 87.9 Å². The number of nitrogens with zero attached hydrogens (tertiary/aromatic N) is 2. The molecule has 7 nitrogen and oxygen atoms in total. The standard InChI is InChI=1S/C22H24ClF3N4O3/c1-21(2,20(27)32)28-16-12-30(11-13-4-7-15(8-5-13)33-22(24,25)26)17-9-6-14(23)10-18(17)29(3)19(16)31/h4-10,16,28H,11-12H2,1-3H3,(H2,27,32)/t16-/m1/s1. The van der Waals surface area contributed by atoms with Gasteiger partial charge in [-0.1, -0.05) is 23.7 Å². The highest BCUT2D eigenvalue weighted by Gasteiger charge is 2.37. The average molecular weight is 485 g/mol. The minimum Gasteiger partial charge on any atom is -0.406 e. The molecule has 1 aliphatic heterocycles. The molecule has 1 heterocycles. The quantitative estimate of drug-likeness (QED) is 0.656. The van der Waals surface area contributed by atoms with Gasteiger partial charge in [-0.3, -0.25) is 14.9 Å². The molecule has 0 bridgehead atoms. The van der Waals surface area contributed by atoms with Crippen LogP contribution in [0.4, 0.5) is 24.5 Å². The fourth-order valence-electron chi connectivity index (χ4n) is 3.56. The summed E-state index contributed by atoms with van der Waals surface area (Å²) >= 11 is 6.17. The molecule has 2 aromatic rings. The van der Waals surface area contributed by atoms with Crippen molar-refractivity contribution in [2.75, 3.05) is 23.4 Å². The third kappa shape index (κ3) is 5.88. The van der Waals surface area contributed by atoms with Crippen molar-refractivity contribution in [2.45, 2.75) is 38.3 Å². The number of hydrogen-bond acceptors (Lipinski definition) is 5. The van der Waals surface area contributed by atoms with Gasteiger partial charge in [0.15, 0.2) is 0 Å². The van der Waals surface area contributed by atoms with E-state index in [0.717, 1.165) is 0 Å². The van der Waals surface area contributed by atoms with Gasteiger partial charge < -0.3 is 20.3 Å². The molecule has 0 saturated carbocycles. The minimum absolute atomic E-state index is 0.176. The Kier molecular flexibility index (Phi) is 6.80. The third-order valence-corrected chi connectivity index (χ3v) is 5.59. The molecule has 0 unspecified atom stereocenters. The van der Waals surface area contributed by atoms with Crippen molar-refractivity contribution in [1.82, 2.24) is 5.32 Å². The van der Waals surface area contributed by atoms with Crippen LogP contribution in [0.3, 0.4) is 0 Å². The number of alkyl halides is 3. The highest BCUT2D eigenvalue weighted by atomic mass is 35.5. The van der Waals surface area contributed by atoms with E-state index in [9.17, 15) is 22.8 Å². The Morgan fingerprint density at radius 2 is 1.82 bits per heavy atom. The molecular weight excluding hydrogens is 461 g/mol. The number of anilines is 2. The van der Waals surface area contributed by atoms with Crippen LogP contribution in [0.25, 0.3) is 0 Å². The molecule has 2 amide bonds. The maximum atomic E-state index is 13.2. The van der Waals surface area contributed by atoms with Crippen LogP contribution in [0.1, 0.15) is 19.4 Å². The summed E-state index contributed by atoms with van der Waals surface area (Å²) in [7, 11) is 1.61. The van der Waals surface area contributed by atoms with Crippen LogP contribution >= 0.6 is 11.6 Å². The van der Waals surface area contributed by atoms with Crippen molar-refractivity contribution >= 4 is 34.8 Å². The Morgan fingerprint density at radius 1 is 1.18 bits per heavy atom. The zero-order valence-electron chi connectivity index (χ0n) is 18.2. The maximum absolute atomic E-state index is 13.2.